The van der Waals surface area contributed by atoms with Gasteiger partial charge in [-0.15, -0.1) is 0 Å². The molecule has 13 heavy (non-hydrogen) atoms. The Balaban J connectivity index is 2.26. The van der Waals surface area contributed by atoms with Crippen LogP contribution >= 0.6 is 0 Å². The van der Waals surface area contributed by atoms with E-state index < -0.39 is 12.1 Å². The lowest BCUT2D eigenvalue weighted by molar-refractivity contribution is -0.207. The number of hydrogen-bond donors (Lipinski definition) is 0. The molecule has 1 fully saturated rings. The molecule has 0 amide bonds. The zero-order chi connectivity index (χ0) is 10.1. The zero-order valence-corrected chi connectivity index (χ0v) is 6.97. The standard InChI is InChI=1S/C8H10F3NO/c1-6(5-13)2-12-3-7(4-12)8(9,10)11/h5,7H,1-4H2. The highest BCUT2D eigenvalue weighted by atomic mass is 19.4. The first-order chi connectivity index (χ1) is 5.93. The van der Waals surface area contributed by atoms with E-state index >= 15 is 0 Å². The summed E-state index contributed by atoms with van der Waals surface area (Å²) < 4.78 is 35.9. The van der Waals surface area contributed by atoms with E-state index in [2.05, 4.69) is 6.58 Å². The van der Waals surface area contributed by atoms with Crippen LogP contribution in [0, 0.1) is 5.92 Å². The first kappa shape index (κ1) is 10.2. The normalized spacial score (nSPS) is 19.6. The molecule has 1 aliphatic heterocycles. The van der Waals surface area contributed by atoms with Crippen molar-refractivity contribution < 1.29 is 18.0 Å². The van der Waals surface area contributed by atoms with E-state index in [0.717, 1.165) is 0 Å². The molecule has 0 atom stereocenters. The van der Waals surface area contributed by atoms with Gasteiger partial charge >= 0.3 is 6.18 Å². The topological polar surface area (TPSA) is 20.3 Å². The third-order valence-corrected chi connectivity index (χ3v) is 2.01. The van der Waals surface area contributed by atoms with E-state index in [1.165, 1.54) is 0 Å². The molecule has 0 aromatic heterocycles. The first-order valence-electron chi connectivity index (χ1n) is 3.85. The Hall–Kier alpha value is -0.840. The smallest absolute Gasteiger partial charge is 0.298 e. The van der Waals surface area contributed by atoms with Gasteiger partial charge in [-0.25, -0.2) is 0 Å². The van der Waals surface area contributed by atoms with Crippen molar-refractivity contribution in [1.82, 2.24) is 4.90 Å². The summed E-state index contributed by atoms with van der Waals surface area (Å²) in [7, 11) is 0. The lowest BCUT2D eigenvalue weighted by atomic mass is 9.99. The molecular formula is C8H10F3NO. The maximum atomic E-state index is 12.0. The van der Waals surface area contributed by atoms with Crippen molar-refractivity contribution in [2.75, 3.05) is 19.6 Å². The number of alkyl halides is 3. The summed E-state index contributed by atoms with van der Waals surface area (Å²) in [5, 5.41) is 0. The Morgan fingerprint density at radius 1 is 1.54 bits per heavy atom. The summed E-state index contributed by atoms with van der Waals surface area (Å²) in [6.45, 7) is 3.60. The molecule has 5 heteroatoms. The SMILES string of the molecule is C=C(C=O)CN1CC(C(F)(F)F)C1. The van der Waals surface area contributed by atoms with Gasteiger partial charge in [0, 0.05) is 19.6 Å². The molecule has 0 aliphatic carbocycles. The van der Waals surface area contributed by atoms with Gasteiger partial charge < -0.3 is 0 Å². The number of hydrogen-bond acceptors (Lipinski definition) is 2. The minimum atomic E-state index is -4.10. The van der Waals surface area contributed by atoms with Crippen LogP contribution in [0.5, 0.6) is 0 Å². The van der Waals surface area contributed by atoms with Gasteiger partial charge in [0.25, 0.3) is 0 Å². The van der Waals surface area contributed by atoms with Crippen molar-refractivity contribution >= 4 is 6.29 Å². The summed E-state index contributed by atoms with van der Waals surface area (Å²) in [5.74, 6) is -1.23. The highest BCUT2D eigenvalue weighted by Crippen LogP contribution is 2.33. The molecule has 1 saturated heterocycles. The highest BCUT2D eigenvalue weighted by Gasteiger charge is 2.46. The average molecular weight is 193 g/mol. The molecule has 2 nitrogen and oxygen atoms in total. The number of halogens is 3. The second-order valence-electron chi connectivity index (χ2n) is 3.21. The van der Waals surface area contributed by atoms with Crippen molar-refractivity contribution in [1.29, 1.82) is 0 Å². The van der Waals surface area contributed by atoms with Crippen LogP contribution in [-0.2, 0) is 4.79 Å². The predicted octanol–water partition coefficient (Wildman–Crippen LogP) is 1.24. The second kappa shape index (κ2) is 3.49. The maximum absolute atomic E-state index is 12.0. The lowest BCUT2D eigenvalue weighted by Gasteiger charge is -2.39. The molecule has 0 saturated carbocycles. The van der Waals surface area contributed by atoms with E-state index in [0.29, 0.717) is 11.9 Å². The maximum Gasteiger partial charge on any atom is 0.394 e. The number of aldehydes is 1. The van der Waals surface area contributed by atoms with E-state index in [1.807, 2.05) is 0 Å². The van der Waals surface area contributed by atoms with Gasteiger partial charge in [-0.2, -0.15) is 13.2 Å². The van der Waals surface area contributed by atoms with Crippen LogP contribution in [0.3, 0.4) is 0 Å². The molecule has 1 heterocycles. The Kier molecular flexibility index (Phi) is 2.75. The van der Waals surface area contributed by atoms with Crippen LogP contribution in [0.2, 0.25) is 0 Å². The van der Waals surface area contributed by atoms with Gasteiger partial charge in [0.2, 0.25) is 0 Å². The fraction of sp³-hybridized carbons (Fsp3) is 0.625. The molecule has 0 unspecified atom stereocenters. The minimum absolute atomic E-state index is 0.0175. The summed E-state index contributed by atoms with van der Waals surface area (Å²) in [4.78, 5) is 11.7. The van der Waals surface area contributed by atoms with Crippen molar-refractivity contribution in [3.8, 4) is 0 Å². The Bertz CT molecular complexity index is 218. The van der Waals surface area contributed by atoms with Gasteiger partial charge in [0.1, 0.15) is 6.29 Å². The molecular weight excluding hydrogens is 183 g/mol. The Morgan fingerprint density at radius 2 is 2.08 bits per heavy atom. The van der Waals surface area contributed by atoms with Crippen molar-refractivity contribution in [2.24, 2.45) is 5.92 Å². The van der Waals surface area contributed by atoms with Gasteiger partial charge in [-0.1, -0.05) is 6.58 Å². The second-order valence-corrected chi connectivity index (χ2v) is 3.21. The molecule has 1 aliphatic rings. The zero-order valence-electron chi connectivity index (χ0n) is 6.97. The summed E-state index contributed by atoms with van der Waals surface area (Å²) in [6.07, 6.45) is -3.53. The molecule has 0 N–H and O–H groups in total. The van der Waals surface area contributed by atoms with Gasteiger partial charge in [0.15, 0.2) is 0 Å². The summed E-state index contributed by atoms with van der Waals surface area (Å²) in [5.41, 5.74) is 0.320. The third-order valence-electron chi connectivity index (χ3n) is 2.01. The van der Waals surface area contributed by atoms with Crippen LogP contribution in [-0.4, -0.2) is 37.0 Å². The lowest BCUT2D eigenvalue weighted by Crippen LogP contribution is -2.53. The predicted molar refractivity (Wildman–Crippen MR) is 41.2 cm³/mol. The van der Waals surface area contributed by atoms with E-state index in [9.17, 15) is 18.0 Å². The average Bonchev–Trinajstić information content (AvgIpc) is 1.92. The largest absolute Gasteiger partial charge is 0.394 e. The number of carbonyl (C=O) groups is 1. The quantitative estimate of drug-likeness (QED) is 0.496. The molecule has 74 valence electrons. The third kappa shape index (κ3) is 2.55. The molecule has 0 aromatic carbocycles. The molecule has 0 radical (unpaired) electrons. The molecule has 0 spiro atoms. The summed E-state index contributed by atoms with van der Waals surface area (Å²) in [6, 6.07) is 0. The van der Waals surface area contributed by atoms with Crippen molar-refractivity contribution in [3.05, 3.63) is 12.2 Å². The summed E-state index contributed by atoms with van der Waals surface area (Å²) >= 11 is 0. The van der Waals surface area contributed by atoms with Crippen LogP contribution in [0.25, 0.3) is 0 Å². The molecule has 1 rings (SSSR count). The van der Waals surface area contributed by atoms with Crippen molar-refractivity contribution in [3.63, 3.8) is 0 Å². The number of carbonyl (C=O) groups excluding carboxylic acids is 1. The molecule has 0 bridgehead atoms. The van der Waals surface area contributed by atoms with E-state index in [1.54, 1.807) is 4.90 Å². The first-order valence-corrected chi connectivity index (χ1v) is 3.85. The van der Waals surface area contributed by atoms with Crippen LogP contribution in [0.4, 0.5) is 13.2 Å². The number of nitrogens with zero attached hydrogens (tertiary/aromatic N) is 1. The van der Waals surface area contributed by atoms with Gasteiger partial charge in [-0.3, -0.25) is 9.69 Å². The number of rotatable bonds is 3. The fourth-order valence-corrected chi connectivity index (χ4v) is 1.23. The Morgan fingerprint density at radius 3 is 2.46 bits per heavy atom. The number of likely N-dealkylation sites (tertiary alicyclic amines) is 1. The van der Waals surface area contributed by atoms with Crippen molar-refractivity contribution in [2.45, 2.75) is 6.18 Å². The molecule has 0 aromatic rings. The van der Waals surface area contributed by atoms with E-state index in [4.69, 9.17) is 0 Å². The minimum Gasteiger partial charge on any atom is -0.298 e. The van der Waals surface area contributed by atoms with Crippen LogP contribution in [0.15, 0.2) is 12.2 Å². The van der Waals surface area contributed by atoms with Gasteiger partial charge in [0.05, 0.1) is 5.92 Å². The monoisotopic (exact) mass is 193 g/mol. The van der Waals surface area contributed by atoms with Gasteiger partial charge in [-0.05, 0) is 5.57 Å². The Labute approximate surface area is 74.0 Å². The van der Waals surface area contributed by atoms with Crippen LogP contribution in [0.1, 0.15) is 0 Å². The highest BCUT2D eigenvalue weighted by molar-refractivity contribution is 5.72. The van der Waals surface area contributed by atoms with Crippen LogP contribution < -0.4 is 0 Å². The van der Waals surface area contributed by atoms with E-state index in [-0.39, 0.29) is 19.6 Å². The fourth-order valence-electron chi connectivity index (χ4n) is 1.23.